The number of carboxylic acid groups (broad SMARTS) is 1. The molecule has 2 fully saturated rings. The summed E-state index contributed by atoms with van der Waals surface area (Å²) in [5.41, 5.74) is 0.226. The van der Waals surface area contributed by atoms with E-state index in [0.29, 0.717) is 0 Å². The zero-order chi connectivity index (χ0) is 8.77. The molecule has 2 rings (SSSR count). The Bertz CT molecular complexity index is 212. The van der Waals surface area contributed by atoms with Crippen LogP contribution in [0.25, 0.3) is 0 Å². The van der Waals surface area contributed by atoms with Gasteiger partial charge in [-0.3, -0.25) is 4.79 Å². The lowest BCUT2D eigenvalue weighted by Crippen LogP contribution is -2.25. The van der Waals surface area contributed by atoms with Gasteiger partial charge in [0.05, 0.1) is 5.92 Å². The van der Waals surface area contributed by atoms with Crippen molar-refractivity contribution in [1.82, 2.24) is 0 Å². The van der Waals surface area contributed by atoms with Gasteiger partial charge in [-0.15, -0.1) is 0 Å². The van der Waals surface area contributed by atoms with Gasteiger partial charge in [0.2, 0.25) is 0 Å². The third-order valence-electron chi connectivity index (χ3n) is 3.96. The normalized spacial score (nSPS) is 41.6. The van der Waals surface area contributed by atoms with Gasteiger partial charge in [-0.1, -0.05) is 19.8 Å². The second-order valence-corrected chi connectivity index (χ2v) is 4.44. The molecule has 68 valence electrons. The van der Waals surface area contributed by atoms with Gasteiger partial charge in [-0.05, 0) is 30.6 Å². The van der Waals surface area contributed by atoms with Crippen molar-refractivity contribution in [2.24, 2.45) is 17.3 Å². The van der Waals surface area contributed by atoms with Gasteiger partial charge >= 0.3 is 5.97 Å². The summed E-state index contributed by atoms with van der Waals surface area (Å²) in [7, 11) is 0. The third kappa shape index (κ3) is 0.970. The van der Waals surface area contributed by atoms with Gasteiger partial charge in [0.15, 0.2) is 0 Å². The number of fused-ring (bicyclic) bond motifs is 1. The molecule has 0 spiro atoms. The largest absolute Gasteiger partial charge is 0.481 e. The van der Waals surface area contributed by atoms with E-state index in [2.05, 4.69) is 0 Å². The quantitative estimate of drug-likeness (QED) is 0.686. The fourth-order valence-corrected chi connectivity index (χ4v) is 2.93. The second-order valence-electron chi connectivity index (χ2n) is 4.44. The Labute approximate surface area is 73.0 Å². The Kier molecular flexibility index (Phi) is 1.67. The summed E-state index contributed by atoms with van der Waals surface area (Å²) in [5, 5.41) is 8.93. The van der Waals surface area contributed by atoms with Crippen molar-refractivity contribution in [2.45, 2.75) is 39.0 Å². The predicted molar refractivity (Wildman–Crippen MR) is 45.8 cm³/mol. The first-order valence-corrected chi connectivity index (χ1v) is 4.89. The summed E-state index contributed by atoms with van der Waals surface area (Å²) in [6, 6.07) is 0. The lowest BCUT2D eigenvalue weighted by molar-refractivity contribution is -0.144. The zero-order valence-electron chi connectivity index (χ0n) is 7.55. The molecule has 0 aromatic carbocycles. The maximum absolute atomic E-state index is 10.8. The van der Waals surface area contributed by atoms with E-state index in [1.807, 2.05) is 6.92 Å². The van der Waals surface area contributed by atoms with E-state index < -0.39 is 5.97 Å². The second kappa shape index (κ2) is 2.48. The number of rotatable bonds is 2. The van der Waals surface area contributed by atoms with Gasteiger partial charge in [0.25, 0.3) is 0 Å². The molecule has 0 bridgehead atoms. The van der Waals surface area contributed by atoms with E-state index in [4.69, 9.17) is 5.11 Å². The van der Waals surface area contributed by atoms with Crippen LogP contribution < -0.4 is 0 Å². The molecule has 2 heteroatoms. The highest BCUT2D eigenvalue weighted by Crippen LogP contribution is 2.65. The maximum atomic E-state index is 10.8. The van der Waals surface area contributed by atoms with E-state index in [-0.39, 0.29) is 11.3 Å². The van der Waals surface area contributed by atoms with Crippen molar-refractivity contribution in [3.8, 4) is 0 Å². The van der Waals surface area contributed by atoms with E-state index >= 15 is 0 Å². The summed E-state index contributed by atoms with van der Waals surface area (Å²) in [6.45, 7) is 1.88. The SMILES string of the molecule is CC(C(=O)O)C12CCCCC1C2. The van der Waals surface area contributed by atoms with Crippen molar-refractivity contribution >= 4 is 5.97 Å². The fourth-order valence-electron chi connectivity index (χ4n) is 2.93. The summed E-state index contributed by atoms with van der Waals surface area (Å²) in [6.07, 6.45) is 6.18. The third-order valence-corrected chi connectivity index (χ3v) is 3.96. The first kappa shape index (κ1) is 8.09. The topological polar surface area (TPSA) is 37.3 Å². The molecule has 1 N–H and O–H groups in total. The highest BCUT2D eigenvalue weighted by molar-refractivity contribution is 5.71. The molecule has 0 heterocycles. The van der Waals surface area contributed by atoms with Gasteiger partial charge in [-0.2, -0.15) is 0 Å². The Balaban J connectivity index is 2.08. The number of aliphatic carboxylic acids is 1. The monoisotopic (exact) mass is 168 g/mol. The molecule has 12 heavy (non-hydrogen) atoms. The Morgan fingerprint density at radius 3 is 2.92 bits per heavy atom. The van der Waals surface area contributed by atoms with Crippen LogP contribution in [-0.4, -0.2) is 11.1 Å². The maximum Gasteiger partial charge on any atom is 0.306 e. The molecule has 2 nitrogen and oxygen atoms in total. The van der Waals surface area contributed by atoms with E-state index in [1.54, 1.807) is 0 Å². The molecular weight excluding hydrogens is 152 g/mol. The minimum absolute atomic E-state index is 0.109. The smallest absolute Gasteiger partial charge is 0.306 e. The number of carboxylic acids is 1. The van der Waals surface area contributed by atoms with Crippen molar-refractivity contribution in [2.75, 3.05) is 0 Å². The summed E-state index contributed by atoms with van der Waals surface area (Å²) in [4.78, 5) is 10.8. The lowest BCUT2D eigenvalue weighted by atomic mass is 9.79. The van der Waals surface area contributed by atoms with Crippen LogP contribution in [-0.2, 0) is 4.79 Å². The number of hydrogen-bond acceptors (Lipinski definition) is 1. The first-order chi connectivity index (χ1) is 5.67. The summed E-state index contributed by atoms with van der Waals surface area (Å²) in [5.74, 6) is 0.0412. The Morgan fingerprint density at radius 1 is 1.58 bits per heavy atom. The molecule has 2 saturated carbocycles. The van der Waals surface area contributed by atoms with Gasteiger partial charge in [0, 0.05) is 0 Å². The van der Waals surface area contributed by atoms with Crippen molar-refractivity contribution in [3.63, 3.8) is 0 Å². The molecule has 2 aliphatic rings. The van der Waals surface area contributed by atoms with E-state index in [9.17, 15) is 4.79 Å². The predicted octanol–water partition coefficient (Wildman–Crippen LogP) is 2.29. The van der Waals surface area contributed by atoms with Crippen LogP contribution in [0.1, 0.15) is 39.0 Å². The molecule has 0 aliphatic heterocycles. The van der Waals surface area contributed by atoms with Crippen molar-refractivity contribution in [1.29, 1.82) is 0 Å². The highest BCUT2D eigenvalue weighted by atomic mass is 16.4. The average Bonchev–Trinajstić information content (AvgIpc) is 2.77. The summed E-state index contributed by atoms with van der Waals surface area (Å²) >= 11 is 0. The van der Waals surface area contributed by atoms with Crippen LogP contribution in [0.3, 0.4) is 0 Å². The van der Waals surface area contributed by atoms with Crippen LogP contribution >= 0.6 is 0 Å². The van der Waals surface area contributed by atoms with Crippen LogP contribution in [0.5, 0.6) is 0 Å². The standard InChI is InChI=1S/C10H16O2/c1-7(9(11)12)10-5-3-2-4-8(10)6-10/h7-8H,2-6H2,1H3,(H,11,12). The Hall–Kier alpha value is -0.530. The van der Waals surface area contributed by atoms with Gasteiger partial charge in [0.1, 0.15) is 0 Å². The molecule has 0 aromatic heterocycles. The van der Waals surface area contributed by atoms with Crippen LogP contribution in [0.15, 0.2) is 0 Å². The molecule has 3 atom stereocenters. The van der Waals surface area contributed by atoms with Gasteiger partial charge in [-0.25, -0.2) is 0 Å². The Morgan fingerprint density at radius 2 is 2.33 bits per heavy atom. The van der Waals surface area contributed by atoms with E-state index in [0.717, 1.165) is 12.3 Å². The molecular formula is C10H16O2. The lowest BCUT2D eigenvalue weighted by Gasteiger charge is -2.25. The molecule has 0 aromatic rings. The zero-order valence-corrected chi connectivity index (χ0v) is 7.55. The van der Waals surface area contributed by atoms with Gasteiger partial charge < -0.3 is 5.11 Å². The fraction of sp³-hybridized carbons (Fsp3) is 0.900. The van der Waals surface area contributed by atoms with Crippen LogP contribution in [0.4, 0.5) is 0 Å². The number of hydrogen-bond donors (Lipinski definition) is 1. The van der Waals surface area contributed by atoms with Crippen LogP contribution in [0.2, 0.25) is 0 Å². The highest BCUT2D eigenvalue weighted by Gasteiger charge is 2.59. The minimum atomic E-state index is -0.598. The molecule has 2 aliphatic carbocycles. The van der Waals surface area contributed by atoms with Crippen molar-refractivity contribution in [3.05, 3.63) is 0 Å². The van der Waals surface area contributed by atoms with E-state index in [1.165, 1.54) is 25.7 Å². The first-order valence-electron chi connectivity index (χ1n) is 4.89. The minimum Gasteiger partial charge on any atom is -0.481 e. The van der Waals surface area contributed by atoms with Crippen LogP contribution in [0, 0.1) is 17.3 Å². The summed E-state index contributed by atoms with van der Waals surface area (Å²) < 4.78 is 0. The van der Waals surface area contributed by atoms with Crippen molar-refractivity contribution < 1.29 is 9.90 Å². The molecule has 0 radical (unpaired) electrons. The average molecular weight is 168 g/mol. The number of carbonyl (C=O) groups is 1. The molecule has 3 unspecified atom stereocenters. The molecule has 0 amide bonds. The molecule has 0 saturated heterocycles.